The lowest BCUT2D eigenvalue weighted by Gasteiger charge is -2.27. The third-order valence-corrected chi connectivity index (χ3v) is 14.7. The van der Waals surface area contributed by atoms with E-state index in [2.05, 4.69) is 30.1 Å². The average molecular weight is 955 g/mol. The molecule has 340 valence electrons. The molecule has 0 saturated carbocycles. The number of allylic oxidation sites excluding steroid dienone is 6. The maximum absolute atomic E-state index is 12.6. The highest BCUT2D eigenvalue weighted by atomic mass is 32.2. The van der Waals surface area contributed by atoms with Crippen molar-refractivity contribution in [2.24, 2.45) is 0 Å². The molecule has 16 nitrogen and oxygen atoms in total. The molecule has 0 aliphatic carbocycles. The topological polar surface area (TPSA) is 237 Å². The van der Waals surface area contributed by atoms with E-state index in [9.17, 15) is 43.7 Å². The standard InChI is InChI=1S/C44H47N3O13S4/c1-7-22-45-40(48)17-13-10-14-23-47-35-21-19-31-33(25-29(63(53,54)55)27-37(31)64(56,57)58)42(35)44(5,6)39(47)16-12-9-11-15-38-43(3,4)41-32-24-28(62(50,51)52)26-36(61-60-59-49)30(32)18-20-34(41)46(38)8-2/h1,9,11-12,15-16,18-21,24-27H,8,10,13-14,17,22-23H2,2-6H3,(H4-,45,48,49,50,51,52,53,54,55,56,57,58)/p+1. The van der Waals surface area contributed by atoms with Gasteiger partial charge in [-0.05, 0) is 97.8 Å². The number of carbonyl (C=O) groups excluding carboxylic acids is 1. The molecule has 0 saturated heterocycles. The van der Waals surface area contributed by atoms with Gasteiger partial charge in [-0.1, -0.05) is 55.5 Å². The molecule has 5 N–H and O–H groups in total. The van der Waals surface area contributed by atoms with Crippen LogP contribution in [0.3, 0.4) is 0 Å². The number of rotatable bonds is 17. The molecular formula is C44H48N3O13S4+. The van der Waals surface area contributed by atoms with Gasteiger partial charge in [0.05, 0.1) is 33.8 Å². The van der Waals surface area contributed by atoms with Gasteiger partial charge in [0.25, 0.3) is 30.4 Å². The molecule has 2 aliphatic rings. The highest BCUT2D eigenvalue weighted by Gasteiger charge is 2.46. The summed E-state index contributed by atoms with van der Waals surface area (Å²) in [6.45, 7) is 10.9. The Morgan fingerprint density at radius 1 is 0.828 bits per heavy atom. The van der Waals surface area contributed by atoms with Crippen LogP contribution in [-0.2, 0) is 55.4 Å². The number of unbranched alkanes of at least 4 members (excludes halogenated alkanes) is 2. The number of benzene rings is 4. The van der Waals surface area contributed by atoms with Gasteiger partial charge < -0.3 is 10.2 Å². The molecule has 0 unspecified atom stereocenters. The smallest absolute Gasteiger partial charge is 0.295 e. The van der Waals surface area contributed by atoms with Crippen molar-refractivity contribution in [1.82, 2.24) is 5.32 Å². The Morgan fingerprint density at radius 3 is 2.11 bits per heavy atom. The van der Waals surface area contributed by atoms with E-state index in [1.807, 2.05) is 71.1 Å². The zero-order chi connectivity index (χ0) is 47.0. The van der Waals surface area contributed by atoms with E-state index in [0.717, 1.165) is 28.7 Å². The molecule has 4 aromatic carbocycles. The molecule has 0 fully saturated rings. The van der Waals surface area contributed by atoms with Crippen LogP contribution >= 0.6 is 12.0 Å². The fourth-order valence-electron chi connectivity index (χ4n) is 8.82. The number of nitrogens with one attached hydrogen (secondary N) is 1. The van der Waals surface area contributed by atoms with Gasteiger partial charge in [0, 0.05) is 57.8 Å². The van der Waals surface area contributed by atoms with Gasteiger partial charge in [0.2, 0.25) is 11.6 Å². The fourth-order valence-corrected chi connectivity index (χ4v) is 11.3. The van der Waals surface area contributed by atoms with E-state index in [0.29, 0.717) is 66.4 Å². The van der Waals surface area contributed by atoms with Gasteiger partial charge in [-0.25, -0.2) is 5.26 Å². The minimum absolute atomic E-state index is 0.0709. The highest BCUT2D eigenvalue weighted by molar-refractivity contribution is 7.94. The molecule has 64 heavy (non-hydrogen) atoms. The van der Waals surface area contributed by atoms with E-state index in [4.69, 9.17) is 11.7 Å². The summed E-state index contributed by atoms with van der Waals surface area (Å²) in [5.41, 5.74) is 2.93. The molecule has 0 aromatic heterocycles. The molecule has 0 bridgehead atoms. The number of hydrogen-bond donors (Lipinski definition) is 5. The van der Waals surface area contributed by atoms with Crippen LogP contribution in [0.4, 0.5) is 11.4 Å². The number of terminal acetylenes is 1. The van der Waals surface area contributed by atoms with Gasteiger partial charge in [0.1, 0.15) is 11.4 Å². The zero-order valence-corrected chi connectivity index (χ0v) is 38.8. The van der Waals surface area contributed by atoms with Crippen molar-refractivity contribution in [3.63, 3.8) is 0 Å². The largest absolute Gasteiger partial charge is 0.345 e. The lowest BCUT2D eigenvalue weighted by Crippen LogP contribution is -2.27. The van der Waals surface area contributed by atoms with Crippen molar-refractivity contribution in [1.29, 1.82) is 0 Å². The first-order valence-corrected chi connectivity index (χ1v) is 25.0. The summed E-state index contributed by atoms with van der Waals surface area (Å²) in [6, 6.07) is 11.5. The lowest BCUT2D eigenvalue weighted by atomic mass is 9.79. The van der Waals surface area contributed by atoms with Crippen molar-refractivity contribution < 1.29 is 62.9 Å². The third-order valence-electron chi connectivity index (χ3n) is 11.5. The second kappa shape index (κ2) is 18.5. The second-order valence-corrected chi connectivity index (χ2v) is 21.2. The summed E-state index contributed by atoms with van der Waals surface area (Å²) >= 11 is 0.583. The van der Waals surface area contributed by atoms with Crippen LogP contribution in [0.2, 0.25) is 0 Å². The van der Waals surface area contributed by atoms with Crippen molar-refractivity contribution >= 4 is 86.9 Å². The maximum Gasteiger partial charge on any atom is 0.295 e. The molecule has 0 spiro atoms. The summed E-state index contributed by atoms with van der Waals surface area (Å²) in [7, 11) is -14.5. The monoisotopic (exact) mass is 954 g/mol. The van der Waals surface area contributed by atoms with Crippen LogP contribution in [0, 0.1) is 12.3 Å². The Morgan fingerprint density at radius 2 is 1.48 bits per heavy atom. The number of anilines is 1. The molecule has 2 aliphatic heterocycles. The predicted octanol–water partition coefficient (Wildman–Crippen LogP) is 7.66. The van der Waals surface area contributed by atoms with Crippen LogP contribution in [0.15, 0.2) is 104 Å². The molecule has 20 heteroatoms. The van der Waals surface area contributed by atoms with Crippen LogP contribution in [0.5, 0.6) is 0 Å². The number of amides is 1. The van der Waals surface area contributed by atoms with Crippen molar-refractivity contribution in [2.45, 2.75) is 90.7 Å². The minimum atomic E-state index is -4.94. The fraction of sp³-hybridized carbons (Fsp3) is 0.318. The SMILES string of the molecule is C#CCNC(=O)CCCCCN1\C(=C/C=C/C=C/C2=[N+](CC)c3ccc4c(SOOO)cc(S(=O)(=O)O)cc4c3C2(C)C)C(C)(C)c2c1ccc1c(S(=O)(=O)O)cc(S(=O)(=O)O)cc21. The Kier molecular flexibility index (Phi) is 14.0. The Balaban J connectivity index is 1.40. The highest BCUT2D eigenvalue weighted by Crippen LogP contribution is 2.52. The Hall–Kier alpha value is -4.92. The second-order valence-electron chi connectivity index (χ2n) is 16.2. The van der Waals surface area contributed by atoms with Gasteiger partial charge in [-0.15, -0.1) is 10.8 Å². The lowest BCUT2D eigenvalue weighted by molar-refractivity contribution is -0.433. The van der Waals surface area contributed by atoms with E-state index in [1.165, 1.54) is 24.3 Å². The summed E-state index contributed by atoms with van der Waals surface area (Å²) < 4.78 is 112. The number of hydrogen-bond acceptors (Lipinski definition) is 12. The molecule has 0 radical (unpaired) electrons. The van der Waals surface area contributed by atoms with E-state index in [1.54, 1.807) is 12.1 Å². The van der Waals surface area contributed by atoms with Crippen molar-refractivity contribution in [3.8, 4) is 12.3 Å². The van der Waals surface area contributed by atoms with Gasteiger partial charge >= 0.3 is 0 Å². The molecule has 1 amide bonds. The molecule has 6 rings (SSSR count). The molecular weight excluding hydrogens is 907 g/mol. The van der Waals surface area contributed by atoms with Crippen molar-refractivity contribution in [3.05, 3.63) is 95.7 Å². The molecule has 2 heterocycles. The van der Waals surface area contributed by atoms with E-state index < -0.39 is 51.0 Å². The minimum Gasteiger partial charge on any atom is -0.345 e. The predicted molar refractivity (Wildman–Crippen MR) is 244 cm³/mol. The van der Waals surface area contributed by atoms with Crippen LogP contribution in [0.25, 0.3) is 21.5 Å². The number of carbonyl (C=O) groups is 1. The molecule has 0 atom stereocenters. The van der Waals surface area contributed by atoms with Gasteiger partial charge in [-0.3, -0.25) is 18.5 Å². The average Bonchev–Trinajstić information content (AvgIpc) is 3.58. The first kappa shape index (κ1) is 48.5. The summed E-state index contributed by atoms with van der Waals surface area (Å²) in [5.74, 6) is 2.22. The van der Waals surface area contributed by atoms with E-state index >= 15 is 0 Å². The van der Waals surface area contributed by atoms with Crippen LogP contribution < -0.4 is 10.2 Å². The maximum atomic E-state index is 12.6. The summed E-state index contributed by atoms with van der Waals surface area (Å²) in [5, 5.41) is 16.7. The number of nitrogens with zero attached hydrogens (tertiary/aromatic N) is 2. The third kappa shape index (κ3) is 9.55. The first-order valence-electron chi connectivity index (χ1n) is 20.0. The quantitative estimate of drug-likeness (QED) is 0.00998. The first-order chi connectivity index (χ1) is 30.0. The Bertz CT molecular complexity index is 3080. The zero-order valence-electron chi connectivity index (χ0n) is 35.5. The van der Waals surface area contributed by atoms with Crippen molar-refractivity contribution in [2.75, 3.05) is 24.5 Å². The number of fused-ring (bicyclic) bond motifs is 6. The van der Waals surface area contributed by atoms with E-state index in [-0.39, 0.29) is 39.4 Å². The van der Waals surface area contributed by atoms with Gasteiger partial charge in [0.15, 0.2) is 5.71 Å². The van der Waals surface area contributed by atoms with Crippen LogP contribution in [-0.4, -0.2) is 80.0 Å². The summed E-state index contributed by atoms with van der Waals surface area (Å²) in [6.07, 6.45) is 16.8. The van der Waals surface area contributed by atoms with Crippen LogP contribution in [0.1, 0.15) is 71.4 Å². The summed E-state index contributed by atoms with van der Waals surface area (Å²) in [4.78, 5) is 12.8. The van der Waals surface area contributed by atoms with Gasteiger partial charge in [-0.2, -0.15) is 29.8 Å². The Labute approximate surface area is 376 Å². The normalized spacial score (nSPS) is 16.7. The molecule has 4 aromatic rings.